The van der Waals surface area contributed by atoms with E-state index in [1.165, 1.54) is 6.33 Å². The fraction of sp³-hybridized carbons (Fsp3) is 0.273. The summed E-state index contributed by atoms with van der Waals surface area (Å²) in [4.78, 5) is 22.2. The van der Waals surface area contributed by atoms with E-state index >= 15 is 0 Å². The second-order valence-corrected chi connectivity index (χ2v) is 7.48. The first-order valence-corrected chi connectivity index (χ1v) is 10.2. The maximum atomic E-state index is 12.0. The largest absolute Gasteiger partial charge is 0.354 e. The standard InChI is InChI=1S/C22H25N7O2/c1-27-12-14-28(15-13-27)26-22-20(29(30)31)21(23-16-24-22)25-19(17-8-4-2-5-9-17)18-10-6-3-7-11-18/h2-11,16,19H,12-15H2,1H3,(H2,23,24,25,26). The lowest BCUT2D eigenvalue weighted by Crippen LogP contribution is -2.47. The average molecular weight is 419 g/mol. The highest BCUT2D eigenvalue weighted by Gasteiger charge is 2.27. The molecule has 2 N–H and O–H groups in total. The maximum absolute atomic E-state index is 12.0. The lowest BCUT2D eigenvalue weighted by molar-refractivity contribution is -0.383. The smallest absolute Gasteiger partial charge is 0.353 e. The molecule has 0 radical (unpaired) electrons. The number of nitrogens with one attached hydrogen (secondary N) is 2. The van der Waals surface area contributed by atoms with E-state index in [4.69, 9.17) is 0 Å². The maximum Gasteiger partial charge on any atom is 0.354 e. The van der Waals surface area contributed by atoms with E-state index in [9.17, 15) is 10.1 Å². The minimum Gasteiger partial charge on any atom is -0.353 e. The molecule has 2 heterocycles. The highest BCUT2D eigenvalue weighted by Crippen LogP contribution is 2.34. The molecule has 9 nitrogen and oxygen atoms in total. The van der Waals surface area contributed by atoms with Gasteiger partial charge in [0.25, 0.3) is 0 Å². The molecule has 160 valence electrons. The molecular formula is C22H25N7O2. The SMILES string of the molecule is CN1CCN(Nc2ncnc(NC(c3ccccc3)c3ccccc3)c2[N+](=O)[O-])CC1. The summed E-state index contributed by atoms with van der Waals surface area (Å²) in [5.41, 5.74) is 4.91. The van der Waals surface area contributed by atoms with Crippen molar-refractivity contribution in [3.05, 3.63) is 88.2 Å². The molecule has 0 amide bonds. The van der Waals surface area contributed by atoms with Crippen LogP contribution in [-0.4, -0.2) is 58.0 Å². The Morgan fingerprint density at radius 2 is 1.45 bits per heavy atom. The van der Waals surface area contributed by atoms with E-state index in [1.54, 1.807) is 0 Å². The minimum atomic E-state index is -0.437. The van der Waals surface area contributed by atoms with Crippen molar-refractivity contribution in [3.8, 4) is 0 Å². The molecule has 1 aromatic heterocycles. The molecule has 0 spiro atoms. The van der Waals surface area contributed by atoms with Crippen molar-refractivity contribution >= 4 is 17.3 Å². The second kappa shape index (κ2) is 9.50. The number of nitro groups is 1. The third kappa shape index (κ3) is 4.96. The summed E-state index contributed by atoms with van der Waals surface area (Å²) in [5, 5.41) is 17.2. The molecule has 0 atom stereocenters. The van der Waals surface area contributed by atoms with Gasteiger partial charge in [-0.05, 0) is 18.2 Å². The summed E-state index contributed by atoms with van der Waals surface area (Å²) in [7, 11) is 2.06. The van der Waals surface area contributed by atoms with Gasteiger partial charge in [0.15, 0.2) is 0 Å². The third-order valence-electron chi connectivity index (χ3n) is 5.32. The lowest BCUT2D eigenvalue weighted by Gasteiger charge is -2.32. The number of nitrogens with zero attached hydrogens (tertiary/aromatic N) is 5. The van der Waals surface area contributed by atoms with Gasteiger partial charge in [-0.3, -0.25) is 15.5 Å². The zero-order valence-electron chi connectivity index (χ0n) is 17.3. The van der Waals surface area contributed by atoms with Gasteiger partial charge in [-0.25, -0.2) is 15.0 Å². The van der Waals surface area contributed by atoms with Crippen molar-refractivity contribution in [2.24, 2.45) is 0 Å². The van der Waals surface area contributed by atoms with Crippen LogP contribution in [0.2, 0.25) is 0 Å². The van der Waals surface area contributed by atoms with Crippen LogP contribution in [0.15, 0.2) is 67.0 Å². The van der Waals surface area contributed by atoms with Crippen LogP contribution in [-0.2, 0) is 0 Å². The number of piperazine rings is 1. The Kier molecular flexibility index (Phi) is 6.34. The van der Waals surface area contributed by atoms with E-state index in [0.717, 1.165) is 37.3 Å². The number of benzene rings is 2. The molecule has 4 rings (SSSR count). The van der Waals surface area contributed by atoms with Crippen LogP contribution in [0.3, 0.4) is 0 Å². The van der Waals surface area contributed by atoms with Gasteiger partial charge in [0.1, 0.15) is 6.33 Å². The number of hydrogen-bond acceptors (Lipinski definition) is 8. The number of hydrogen-bond donors (Lipinski definition) is 2. The Bertz CT molecular complexity index is 969. The number of anilines is 2. The van der Waals surface area contributed by atoms with Crippen LogP contribution in [0.5, 0.6) is 0 Å². The number of likely N-dealkylation sites (N-methyl/N-ethyl adjacent to an activating group) is 1. The highest BCUT2D eigenvalue weighted by atomic mass is 16.6. The Hall–Kier alpha value is -3.56. The van der Waals surface area contributed by atoms with Crippen LogP contribution < -0.4 is 10.7 Å². The van der Waals surface area contributed by atoms with Gasteiger partial charge >= 0.3 is 5.69 Å². The average Bonchev–Trinajstić information content (AvgIpc) is 2.80. The van der Waals surface area contributed by atoms with Gasteiger partial charge < -0.3 is 10.2 Å². The monoisotopic (exact) mass is 419 g/mol. The van der Waals surface area contributed by atoms with E-state index in [1.807, 2.05) is 65.7 Å². The van der Waals surface area contributed by atoms with Gasteiger partial charge in [0.05, 0.1) is 11.0 Å². The van der Waals surface area contributed by atoms with Gasteiger partial charge in [0.2, 0.25) is 11.6 Å². The van der Waals surface area contributed by atoms with Crippen LogP contribution in [0, 0.1) is 10.1 Å². The molecule has 1 fully saturated rings. The zero-order chi connectivity index (χ0) is 21.6. The Balaban J connectivity index is 1.66. The summed E-state index contributed by atoms with van der Waals surface area (Å²) in [5.74, 6) is 0.362. The molecule has 1 aliphatic heterocycles. The molecule has 9 heteroatoms. The first kappa shape index (κ1) is 20.7. The lowest BCUT2D eigenvalue weighted by atomic mass is 9.99. The van der Waals surface area contributed by atoms with E-state index < -0.39 is 4.92 Å². The minimum absolute atomic E-state index is 0.168. The van der Waals surface area contributed by atoms with Crippen LogP contribution in [0.4, 0.5) is 17.3 Å². The molecule has 0 unspecified atom stereocenters. The quantitative estimate of drug-likeness (QED) is 0.445. The van der Waals surface area contributed by atoms with Crippen LogP contribution in [0.25, 0.3) is 0 Å². The zero-order valence-corrected chi connectivity index (χ0v) is 17.3. The van der Waals surface area contributed by atoms with Crippen LogP contribution >= 0.6 is 0 Å². The van der Waals surface area contributed by atoms with E-state index in [2.05, 4.69) is 32.7 Å². The third-order valence-corrected chi connectivity index (χ3v) is 5.32. The fourth-order valence-electron chi connectivity index (χ4n) is 3.59. The predicted octanol–water partition coefficient (Wildman–Crippen LogP) is 3.16. The highest BCUT2D eigenvalue weighted by molar-refractivity contribution is 5.70. The first-order chi connectivity index (χ1) is 15.1. The van der Waals surface area contributed by atoms with Crippen molar-refractivity contribution in [2.45, 2.75) is 6.04 Å². The molecule has 1 aliphatic rings. The van der Waals surface area contributed by atoms with Gasteiger partial charge in [-0.1, -0.05) is 60.7 Å². The molecular weight excluding hydrogens is 394 g/mol. The van der Waals surface area contributed by atoms with Crippen molar-refractivity contribution in [1.82, 2.24) is 19.9 Å². The Morgan fingerprint density at radius 1 is 0.903 bits per heavy atom. The van der Waals surface area contributed by atoms with Gasteiger partial charge in [-0.15, -0.1) is 0 Å². The Morgan fingerprint density at radius 3 is 2.00 bits per heavy atom. The van der Waals surface area contributed by atoms with Crippen LogP contribution in [0.1, 0.15) is 17.2 Å². The number of aromatic nitrogens is 2. The summed E-state index contributed by atoms with van der Waals surface area (Å²) in [6.45, 7) is 3.25. The predicted molar refractivity (Wildman–Crippen MR) is 120 cm³/mol. The molecule has 1 saturated heterocycles. The molecule has 0 aliphatic carbocycles. The number of rotatable bonds is 7. The normalized spacial score (nSPS) is 15.0. The van der Waals surface area contributed by atoms with Crippen molar-refractivity contribution in [2.75, 3.05) is 44.0 Å². The summed E-state index contributed by atoms with van der Waals surface area (Å²) < 4.78 is 0. The molecule has 0 saturated carbocycles. The van der Waals surface area contributed by atoms with Crippen molar-refractivity contribution in [1.29, 1.82) is 0 Å². The summed E-state index contributed by atoms with van der Waals surface area (Å²) in [6, 6.07) is 19.3. The Labute approximate surface area is 180 Å². The molecule has 0 bridgehead atoms. The summed E-state index contributed by atoms with van der Waals surface area (Å²) in [6.07, 6.45) is 1.35. The first-order valence-electron chi connectivity index (χ1n) is 10.2. The fourth-order valence-corrected chi connectivity index (χ4v) is 3.59. The summed E-state index contributed by atoms with van der Waals surface area (Å²) >= 11 is 0. The topological polar surface area (TPSA) is 99.5 Å². The number of hydrazine groups is 1. The van der Waals surface area contributed by atoms with Gasteiger partial charge in [0, 0.05) is 26.2 Å². The van der Waals surface area contributed by atoms with E-state index in [0.29, 0.717) is 0 Å². The van der Waals surface area contributed by atoms with Gasteiger partial charge in [-0.2, -0.15) is 0 Å². The van der Waals surface area contributed by atoms with Crippen molar-refractivity contribution < 1.29 is 4.92 Å². The molecule has 2 aromatic carbocycles. The van der Waals surface area contributed by atoms with E-state index in [-0.39, 0.29) is 23.4 Å². The molecule has 31 heavy (non-hydrogen) atoms. The van der Waals surface area contributed by atoms with Crippen molar-refractivity contribution in [3.63, 3.8) is 0 Å². The second-order valence-electron chi connectivity index (χ2n) is 7.48. The molecule has 3 aromatic rings.